The first kappa shape index (κ1) is 77.7. The zero-order chi connectivity index (χ0) is 76.0. The Morgan fingerprint density at radius 1 is 0.327 bits per heavy atom. The van der Waals surface area contributed by atoms with Crippen LogP contribution >= 0.6 is 45.3 Å². The Balaban J connectivity index is 0.000000149. The molecular formula is C87H99F5N8S4+8. The number of aryl methyl sites for hydroxylation is 10. The molecule has 0 N–H and O–H groups in total. The van der Waals surface area contributed by atoms with Gasteiger partial charge in [-0.25, -0.2) is 27.0 Å². The minimum Gasteiger partial charge on any atom is -0.206 e. The van der Waals surface area contributed by atoms with Gasteiger partial charge in [-0.2, -0.15) is 31.4 Å². The maximum atomic E-state index is 14.8. The van der Waals surface area contributed by atoms with Gasteiger partial charge in [0.2, 0.25) is 28.3 Å². The normalized spacial score (nSPS) is 11.8. The summed E-state index contributed by atoms with van der Waals surface area (Å²) in [4.78, 5) is 0. The summed E-state index contributed by atoms with van der Waals surface area (Å²) in [7, 11) is 16.0. The fourth-order valence-electron chi connectivity index (χ4n) is 13.6. The van der Waals surface area contributed by atoms with Crippen LogP contribution in [-0.2, 0) is 78.8 Å². The van der Waals surface area contributed by atoms with Crippen LogP contribution in [0.1, 0.15) is 118 Å². The maximum absolute atomic E-state index is 14.8. The molecular weight excluding hydrogens is 1380 g/mol. The average molecular weight is 1480 g/mol. The van der Waals surface area contributed by atoms with Gasteiger partial charge in [-0.05, 0) is 146 Å². The largest absolute Gasteiger partial charge is 0.416 e. The lowest BCUT2D eigenvalue weighted by molar-refractivity contribution is -0.661. The molecule has 8 heterocycles. The summed E-state index contributed by atoms with van der Waals surface area (Å²) in [5.74, 6) is -1.07. The predicted octanol–water partition coefficient (Wildman–Crippen LogP) is 19.1. The first-order valence-corrected chi connectivity index (χ1v) is 38.3. The summed E-state index contributed by atoms with van der Waals surface area (Å²) in [6.07, 6.45) is 9.85. The van der Waals surface area contributed by atoms with Gasteiger partial charge in [0, 0.05) is 64.7 Å². The Hall–Kier alpha value is -8.87. The highest BCUT2D eigenvalue weighted by molar-refractivity contribution is 7.21. The second kappa shape index (κ2) is 30.7. The van der Waals surface area contributed by atoms with Crippen molar-refractivity contribution in [1.82, 2.24) is 0 Å². The zero-order valence-electron chi connectivity index (χ0n) is 64.4. The van der Waals surface area contributed by atoms with E-state index >= 15 is 0 Å². The minimum absolute atomic E-state index is 0.00254. The monoisotopic (exact) mass is 1480 g/mol. The van der Waals surface area contributed by atoms with E-state index < -0.39 is 23.4 Å². The van der Waals surface area contributed by atoms with E-state index in [4.69, 9.17) is 0 Å². The number of halogens is 5. The molecule has 13 aromatic rings. The lowest BCUT2D eigenvalue weighted by Gasteiger charge is -2.18. The van der Waals surface area contributed by atoms with Crippen molar-refractivity contribution in [3.05, 3.63) is 248 Å². The fourth-order valence-corrected chi connectivity index (χ4v) is 17.7. The van der Waals surface area contributed by atoms with Crippen molar-refractivity contribution in [2.75, 3.05) is 0 Å². The van der Waals surface area contributed by atoms with E-state index in [9.17, 15) is 22.0 Å². The molecule has 0 saturated carbocycles. The molecule has 0 radical (unpaired) electrons. The third kappa shape index (κ3) is 16.3. The van der Waals surface area contributed by atoms with Crippen LogP contribution in [0.3, 0.4) is 0 Å². The first-order chi connectivity index (χ1) is 48.8. The molecule has 0 aliphatic rings. The van der Waals surface area contributed by atoms with Gasteiger partial charge in [0.1, 0.15) is 72.7 Å². The first-order valence-electron chi connectivity index (χ1n) is 34.8. The number of para-hydroxylation sites is 1. The van der Waals surface area contributed by atoms with Crippen molar-refractivity contribution in [3.63, 3.8) is 0 Å². The molecule has 0 saturated heterocycles. The topological polar surface area (TPSA) is 31.0 Å². The van der Waals surface area contributed by atoms with Crippen molar-refractivity contribution in [2.24, 2.45) is 56.4 Å². The number of fused-ring (bicyclic) bond motifs is 1. The lowest BCUT2D eigenvalue weighted by Crippen LogP contribution is -2.33. The van der Waals surface area contributed by atoms with E-state index in [1.165, 1.54) is 116 Å². The number of hydrogen-bond donors (Lipinski definition) is 0. The second-order valence-corrected chi connectivity index (χ2v) is 34.1. The number of benzene rings is 5. The number of rotatable bonds is 8. The fraction of sp³-hybridized carbons (Fsp3) is 0.310. The summed E-state index contributed by atoms with van der Waals surface area (Å²) in [6, 6.07) is 39.8. The summed E-state index contributed by atoms with van der Waals surface area (Å²) in [5.41, 5.74) is 22.7. The van der Waals surface area contributed by atoms with E-state index in [0.29, 0.717) is 27.8 Å². The molecule has 17 heteroatoms. The molecule has 0 fully saturated rings. The van der Waals surface area contributed by atoms with Gasteiger partial charge in [-0.1, -0.05) is 132 Å². The molecule has 0 unspecified atom stereocenters. The van der Waals surface area contributed by atoms with Gasteiger partial charge in [0.25, 0.3) is 20.0 Å². The Kier molecular flexibility index (Phi) is 22.9. The van der Waals surface area contributed by atoms with Crippen molar-refractivity contribution in [2.45, 2.75) is 126 Å². The van der Waals surface area contributed by atoms with Crippen molar-refractivity contribution in [1.29, 1.82) is 0 Å². The smallest absolute Gasteiger partial charge is 0.206 e. The van der Waals surface area contributed by atoms with Crippen LogP contribution < -0.4 is 36.5 Å². The Morgan fingerprint density at radius 3 is 1.25 bits per heavy atom. The van der Waals surface area contributed by atoms with Crippen LogP contribution in [0.2, 0.25) is 0 Å². The summed E-state index contributed by atoms with van der Waals surface area (Å²) in [5, 5.41) is 10.1. The molecule has 0 aliphatic heterocycles. The van der Waals surface area contributed by atoms with E-state index in [0.717, 1.165) is 44.2 Å². The number of thiazole rings is 4. The Bertz CT molecular complexity index is 5200. The van der Waals surface area contributed by atoms with Crippen LogP contribution in [0.4, 0.5) is 22.0 Å². The van der Waals surface area contributed by atoms with Gasteiger partial charge in [0.15, 0.2) is 43.4 Å². The van der Waals surface area contributed by atoms with Gasteiger partial charge in [-0.3, -0.25) is 0 Å². The van der Waals surface area contributed by atoms with E-state index in [2.05, 4.69) is 239 Å². The molecule has 13 rings (SSSR count). The molecule has 8 aromatic heterocycles. The van der Waals surface area contributed by atoms with Gasteiger partial charge >= 0.3 is 6.18 Å². The number of aromatic nitrogens is 8. The summed E-state index contributed by atoms with van der Waals surface area (Å²) >= 11 is 6.55. The molecule has 0 spiro atoms. The highest BCUT2D eigenvalue weighted by atomic mass is 32.1. The second-order valence-electron chi connectivity index (χ2n) is 30.4. The van der Waals surface area contributed by atoms with Crippen molar-refractivity contribution < 1.29 is 58.5 Å². The molecule has 8 nitrogen and oxygen atoms in total. The average Bonchev–Trinajstić information content (AvgIpc) is 0.810. The Labute approximate surface area is 627 Å². The number of alkyl halides is 3. The molecule has 0 amide bonds. The highest BCUT2D eigenvalue weighted by Gasteiger charge is 2.36. The van der Waals surface area contributed by atoms with Gasteiger partial charge in [0.05, 0.1) is 60.6 Å². The van der Waals surface area contributed by atoms with Crippen LogP contribution in [0.5, 0.6) is 0 Å². The molecule has 5 aromatic carbocycles. The third-order valence-corrected chi connectivity index (χ3v) is 23.8. The van der Waals surface area contributed by atoms with E-state index in [1.54, 1.807) is 18.3 Å². The van der Waals surface area contributed by atoms with Crippen LogP contribution in [0.25, 0.3) is 97.5 Å². The standard InChI is InChI=1S/C23H30N2S.C22H25F3N2S.C21H24F2N2S.C21H20N2S/c1-15-13-16(2)21(22-24(7)11-12-26-22)17(3)20(15)19-10-9-18(14-25(19)8)23(4,5)6;1-14-17(19-8-7-15(13-27(19)6)21(2,3)4)11-16(22(23,24)25)12-18(14)20-26(5)9-10-28-20;1-13-18(17-8-7-14(12-25(17)6)21(2,3)4)15(22)11-16(23)19(13)20-24(5)9-10-26-20;1-15-16(18-11-6-7-14-22(18)2)9-8-10-17(15)21-23(3)19-12-4-5-13-20(19)24-21/h9-14H,1-8H3;7-13H,1-6H3;7-12H,1-6H3;4-14H,1-3H3/q4*+2. The molecule has 0 atom stereocenters. The summed E-state index contributed by atoms with van der Waals surface area (Å²) < 4.78 is 88.2. The van der Waals surface area contributed by atoms with Gasteiger partial charge < -0.3 is 0 Å². The molecule has 104 heavy (non-hydrogen) atoms. The minimum atomic E-state index is -4.41. The number of nitrogens with zero attached hydrogens (tertiary/aromatic N) is 8. The van der Waals surface area contributed by atoms with Crippen LogP contribution in [0.15, 0.2) is 181 Å². The quantitative estimate of drug-likeness (QED) is 0.107. The predicted molar refractivity (Wildman–Crippen MR) is 417 cm³/mol. The van der Waals surface area contributed by atoms with Crippen molar-refractivity contribution in [3.8, 4) is 87.3 Å². The highest BCUT2D eigenvalue weighted by Crippen LogP contribution is 2.42. The van der Waals surface area contributed by atoms with Crippen LogP contribution in [-0.4, -0.2) is 0 Å². The third-order valence-electron chi connectivity index (χ3n) is 19.6. The number of hydrogen-bond acceptors (Lipinski definition) is 4. The van der Waals surface area contributed by atoms with E-state index in [1.807, 2.05) is 125 Å². The van der Waals surface area contributed by atoms with Crippen LogP contribution in [0, 0.1) is 53.2 Å². The lowest BCUT2D eigenvalue weighted by atomic mass is 9.87. The number of pyridine rings is 4. The SMILES string of the molecule is Cc1c(-c2ccc(C(C)(C)C)c[n+]2C)c(F)cc(F)c1-c1scc[n+]1C.Cc1c(-c2ccc(C(C)(C)C)c[n+]2C)cc(C(F)(F)F)cc1-c1scc[n+]1C.Cc1c(-c2cccc[n+]2C)cccc1-c1sc2ccccc2[n+]1C.Cc1cc(C)c(-c2scc[n+]2C)c(C)c1-c1ccc(C(C)(C)C)c[n+]1C. The molecule has 0 bridgehead atoms. The zero-order valence-corrected chi connectivity index (χ0v) is 67.7. The molecule has 538 valence electrons. The molecule has 0 aliphatic carbocycles. The van der Waals surface area contributed by atoms with Gasteiger partial charge in [-0.15, -0.1) is 0 Å². The van der Waals surface area contributed by atoms with E-state index in [-0.39, 0.29) is 16.2 Å². The Morgan fingerprint density at radius 2 is 0.760 bits per heavy atom. The summed E-state index contributed by atoms with van der Waals surface area (Å²) in [6.45, 7) is 32.2. The van der Waals surface area contributed by atoms with Crippen molar-refractivity contribution >= 4 is 55.6 Å². The maximum Gasteiger partial charge on any atom is 0.416 e.